The molecule has 0 unspecified atom stereocenters. The Morgan fingerprint density at radius 2 is 0.886 bits per heavy atom. The molecule has 0 aliphatic heterocycles. The van der Waals surface area contributed by atoms with Crippen LogP contribution in [-0.4, -0.2) is 9.52 Å². The van der Waals surface area contributed by atoms with E-state index in [1.54, 1.807) is 12.1 Å². The van der Waals surface area contributed by atoms with E-state index in [4.69, 9.17) is 63.4 Å². The van der Waals surface area contributed by atoms with Crippen molar-refractivity contribution in [2.24, 2.45) is 0 Å². The summed E-state index contributed by atoms with van der Waals surface area (Å²) in [7, 11) is 11.0. The Morgan fingerprint density at radius 1 is 0.568 bits per heavy atom. The second kappa shape index (κ2) is 18.9. The van der Waals surface area contributed by atoms with E-state index in [2.05, 4.69) is 87.6 Å². The molecule has 0 aromatic heterocycles. The summed E-state index contributed by atoms with van der Waals surface area (Å²) in [5, 5.41) is 7.73. The molecule has 0 saturated heterocycles. The molecule has 0 amide bonds. The van der Waals surface area contributed by atoms with Gasteiger partial charge in [-0.1, -0.05) is 96.6 Å². The molecular formula is C36H32Cl6SiZr. The van der Waals surface area contributed by atoms with Gasteiger partial charge >= 0.3 is 37.9 Å². The molecule has 0 atom stereocenters. The van der Waals surface area contributed by atoms with Gasteiger partial charge in [0, 0.05) is 29.6 Å². The zero-order valence-electron chi connectivity index (χ0n) is 24.9. The van der Waals surface area contributed by atoms with Crippen molar-refractivity contribution in [3.8, 4) is 22.3 Å². The van der Waals surface area contributed by atoms with E-state index < -0.39 is 20.8 Å². The van der Waals surface area contributed by atoms with Gasteiger partial charge in [0.1, 0.15) is 0 Å². The number of fused-ring (bicyclic) bond motifs is 2. The van der Waals surface area contributed by atoms with Crippen LogP contribution in [0.4, 0.5) is 0 Å². The molecule has 2 radical (unpaired) electrons. The number of aryl methyl sites for hydroxylation is 2. The van der Waals surface area contributed by atoms with Crippen molar-refractivity contribution in [2.45, 2.75) is 39.8 Å². The first-order valence-corrected chi connectivity index (χ1v) is 23.9. The van der Waals surface area contributed by atoms with Crippen LogP contribution < -0.4 is 0 Å². The monoisotopic (exact) mass is 792 g/mol. The predicted octanol–water partition coefficient (Wildman–Crippen LogP) is 14.4. The fraction of sp³-hybridized carbons (Fsp3) is 0.167. The second-order valence-corrected chi connectivity index (χ2v) is 16.4. The van der Waals surface area contributed by atoms with E-state index in [0.717, 1.165) is 33.5 Å². The molecule has 0 heterocycles. The molecule has 6 rings (SSSR count). The van der Waals surface area contributed by atoms with Gasteiger partial charge in [0.25, 0.3) is 0 Å². The van der Waals surface area contributed by atoms with Crippen molar-refractivity contribution < 1.29 is 20.8 Å². The number of hydrogen-bond acceptors (Lipinski definition) is 0. The summed E-state index contributed by atoms with van der Waals surface area (Å²) in [5.74, 6) is 0. The van der Waals surface area contributed by atoms with Gasteiger partial charge in [0.05, 0.1) is 0 Å². The van der Waals surface area contributed by atoms with Gasteiger partial charge in [-0.15, -0.1) is 69.1 Å². The Hall–Kier alpha value is -1.06. The first-order valence-electron chi connectivity index (χ1n) is 14.0. The molecule has 44 heavy (non-hydrogen) atoms. The van der Waals surface area contributed by atoms with Crippen molar-refractivity contribution in [1.82, 2.24) is 0 Å². The fourth-order valence-corrected chi connectivity index (χ4v) is 5.98. The van der Waals surface area contributed by atoms with E-state index in [1.165, 1.54) is 43.8 Å². The molecule has 226 valence electrons. The topological polar surface area (TPSA) is 0 Å². The van der Waals surface area contributed by atoms with Crippen molar-refractivity contribution >= 4 is 94.5 Å². The van der Waals surface area contributed by atoms with Crippen LogP contribution in [0, 0.1) is 0 Å². The quantitative estimate of drug-likeness (QED) is 0.123. The first kappa shape index (κ1) is 37.4. The number of rotatable bonds is 4. The van der Waals surface area contributed by atoms with Crippen molar-refractivity contribution in [3.05, 3.63) is 128 Å². The van der Waals surface area contributed by atoms with Gasteiger partial charge in [-0.2, -0.15) is 12.1 Å². The molecule has 0 nitrogen and oxygen atoms in total. The molecule has 6 aromatic rings. The molecule has 0 fully saturated rings. The Morgan fingerprint density at radius 3 is 1.18 bits per heavy atom. The number of benzene rings is 4. The van der Waals surface area contributed by atoms with Crippen LogP contribution in [0.1, 0.15) is 25.0 Å². The molecular weight excluding hydrogens is 764 g/mol. The summed E-state index contributed by atoms with van der Waals surface area (Å²) < 4.78 is 0. The molecule has 0 N–H and O–H groups in total. The fourth-order valence-electron chi connectivity index (χ4n) is 4.92. The summed E-state index contributed by atoms with van der Waals surface area (Å²) in [6.45, 7) is 8.65. The number of halogens is 6. The third-order valence-electron chi connectivity index (χ3n) is 6.78. The summed E-state index contributed by atoms with van der Waals surface area (Å²) >= 11 is 23.6. The maximum atomic E-state index is 6.10. The van der Waals surface area contributed by atoms with E-state index in [-0.39, 0.29) is 0 Å². The molecule has 8 heteroatoms. The van der Waals surface area contributed by atoms with Crippen LogP contribution in [0.5, 0.6) is 0 Å². The summed E-state index contributed by atoms with van der Waals surface area (Å²) in [5.41, 5.74) is 7.21. The van der Waals surface area contributed by atoms with Crippen molar-refractivity contribution in [1.29, 1.82) is 0 Å². The zero-order chi connectivity index (χ0) is 32.2. The Labute approximate surface area is 302 Å². The van der Waals surface area contributed by atoms with Gasteiger partial charge in [-0.25, -0.2) is 0 Å². The van der Waals surface area contributed by atoms with Crippen LogP contribution in [0.15, 0.2) is 97.1 Å². The van der Waals surface area contributed by atoms with Gasteiger partial charge in [-0.05, 0) is 60.4 Å². The van der Waals surface area contributed by atoms with Crippen LogP contribution in [0.3, 0.4) is 0 Å². The molecule has 0 spiro atoms. The van der Waals surface area contributed by atoms with Gasteiger partial charge in [-0.3, -0.25) is 0 Å². The summed E-state index contributed by atoms with van der Waals surface area (Å²) in [6.07, 6.45) is 2.09. The third-order valence-corrected chi connectivity index (χ3v) is 7.66. The third kappa shape index (κ3) is 10.5. The second-order valence-electron chi connectivity index (χ2n) is 9.94. The van der Waals surface area contributed by atoms with Crippen molar-refractivity contribution in [3.63, 3.8) is 0 Å². The molecule has 0 aliphatic rings. The van der Waals surface area contributed by atoms with Crippen LogP contribution >= 0.6 is 63.4 Å². The molecule has 0 saturated carbocycles. The standard InChI is InChI=1S/2C17H13Cl2.C2H6Si.2ClH.Zr/c2*1-2-11-6-12-4-3-5-16(17(12)7-11)13-8-14(18)10-15(19)9-13;1-3-2;;;/h2*3-10H,2H2,1H3;1-2H3;2*1H;/q2*-1;;;;+4/p-2. The first-order chi connectivity index (χ1) is 21.2. The minimum atomic E-state index is -0.826. The van der Waals surface area contributed by atoms with E-state index in [9.17, 15) is 0 Å². The average molecular weight is 797 g/mol. The van der Waals surface area contributed by atoms with Gasteiger partial charge in [0.2, 0.25) is 0 Å². The van der Waals surface area contributed by atoms with Crippen LogP contribution in [-0.2, 0) is 33.7 Å². The molecule has 0 aliphatic carbocycles. The Kier molecular flexibility index (Phi) is 16.1. The molecule has 0 bridgehead atoms. The normalized spacial score (nSPS) is 10.2. The predicted molar refractivity (Wildman–Crippen MR) is 198 cm³/mol. The van der Waals surface area contributed by atoms with Crippen LogP contribution in [0.2, 0.25) is 33.2 Å². The average Bonchev–Trinajstić information content (AvgIpc) is 3.61. The van der Waals surface area contributed by atoms with Crippen LogP contribution in [0.25, 0.3) is 43.8 Å². The summed E-state index contributed by atoms with van der Waals surface area (Å²) in [6, 6.07) is 33.0. The van der Waals surface area contributed by atoms with Gasteiger partial charge < -0.3 is 0 Å². The Balaban J connectivity index is 0.000000204. The van der Waals surface area contributed by atoms with E-state index in [0.29, 0.717) is 20.1 Å². The number of hydrogen-bond donors (Lipinski definition) is 0. The molecule has 6 aromatic carbocycles. The van der Waals surface area contributed by atoms with E-state index >= 15 is 0 Å². The summed E-state index contributed by atoms with van der Waals surface area (Å²) in [4.78, 5) is 0. The Bertz CT molecular complexity index is 1620. The zero-order valence-corrected chi connectivity index (χ0v) is 32.9. The maximum absolute atomic E-state index is 6.10. The van der Waals surface area contributed by atoms with Crippen molar-refractivity contribution in [2.75, 3.05) is 0 Å². The minimum absolute atomic E-state index is 0.668. The SMILES string of the molecule is CCc1cc2c(-c3cc(Cl)cc(Cl)c3)cccc2[cH-]1.CCc1cc2c(-c3cc(Cl)cc(Cl)c3)cccc2[cH-]1.C[Si]C.[Cl][Zr+2][Cl]. The van der Waals surface area contributed by atoms with Gasteiger partial charge in [0.15, 0.2) is 0 Å². The van der Waals surface area contributed by atoms with E-state index in [1.807, 2.05) is 24.3 Å².